The van der Waals surface area contributed by atoms with Crippen molar-refractivity contribution in [3.8, 4) is 28.1 Å². The van der Waals surface area contributed by atoms with Crippen molar-refractivity contribution in [2.45, 2.75) is 20.8 Å². The highest BCUT2D eigenvalue weighted by molar-refractivity contribution is 6.16. The van der Waals surface area contributed by atoms with Crippen LogP contribution >= 0.6 is 0 Å². The van der Waals surface area contributed by atoms with Crippen LogP contribution in [-0.4, -0.2) is 33.5 Å². The Kier molecular flexibility index (Phi) is 4.67. The van der Waals surface area contributed by atoms with Crippen LogP contribution in [0.2, 0.25) is 0 Å². The second-order valence-electron chi connectivity index (χ2n) is 8.63. The van der Waals surface area contributed by atoms with E-state index >= 15 is 0 Å². The average molecular weight is 463 g/mol. The maximum absolute atomic E-state index is 11.7. The fourth-order valence-electron chi connectivity index (χ4n) is 4.99. The second-order valence-corrected chi connectivity index (χ2v) is 8.63. The van der Waals surface area contributed by atoms with E-state index in [9.17, 15) is 4.79 Å². The summed E-state index contributed by atoms with van der Waals surface area (Å²) < 4.78 is 11.2. The van der Waals surface area contributed by atoms with Crippen LogP contribution in [0.4, 0.5) is 0 Å². The van der Waals surface area contributed by atoms with Crippen LogP contribution < -0.4 is 4.74 Å². The molecule has 0 aliphatic rings. The molecular formula is C28H22N4O3. The lowest BCUT2D eigenvalue weighted by molar-refractivity contribution is 0.112. The van der Waals surface area contributed by atoms with Crippen molar-refractivity contribution in [3.63, 3.8) is 0 Å². The van der Waals surface area contributed by atoms with Crippen LogP contribution in [0, 0.1) is 20.8 Å². The largest absolute Gasteiger partial charge is 0.496 e. The summed E-state index contributed by atoms with van der Waals surface area (Å²) in [6.07, 6.45) is 0.889. The number of carbonyl (C=O) groups excluding carboxylic acids is 1. The van der Waals surface area contributed by atoms with Gasteiger partial charge in [-0.15, -0.1) is 0 Å². The molecule has 3 heterocycles. The van der Waals surface area contributed by atoms with Gasteiger partial charge in [-0.2, -0.15) is 0 Å². The average Bonchev–Trinajstić information content (AvgIpc) is 3.39. The molecule has 0 radical (unpaired) electrons. The molecule has 0 aliphatic carbocycles. The number of hydrogen-bond acceptors (Lipinski definition) is 6. The SMILES string of the molecule is COc1cc2c(cc1-c1c(C)noc1C)[nH]c1nc(C)nc(-c3ccc(C=O)c4ccccc34)c12. The smallest absolute Gasteiger partial charge is 0.150 e. The molecule has 1 N–H and O–H groups in total. The third-order valence-electron chi connectivity index (χ3n) is 6.53. The van der Waals surface area contributed by atoms with E-state index in [1.807, 2.05) is 63.2 Å². The van der Waals surface area contributed by atoms with Crippen LogP contribution in [0.5, 0.6) is 5.75 Å². The molecule has 0 unspecified atom stereocenters. The molecule has 0 aliphatic heterocycles. The number of carbonyl (C=O) groups is 1. The lowest BCUT2D eigenvalue weighted by atomic mass is 9.95. The van der Waals surface area contributed by atoms with Crippen molar-refractivity contribution in [1.82, 2.24) is 20.1 Å². The van der Waals surface area contributed by atoms with E-state index in [0.29, 0.717) is 17.1 Å². The summed E-state index contributed by atoms with van der Waals surface area (Å²) in [7, 11) is 1.66. The standard InChI is InChI=1S/C28H22N4O3/c1-14-25(15(2)35-32-14)22-11-23-21(12-24(22)34-4)26-27(29-16(3)30-28(26)31-23)20-10-9-17(13-33)18-7-5-6-8-19(18)20/h5-13H,1-4H3,(H,29,30,31). The number of nitrogens with zero attached hydrogens (tertiary/aromatic N) is 3. The zero-order valence-corrected chi connectivity index (χ0v) is 19.8. The maximum Gasteiger partial charge on any atom is 0.150 e. The van der Waals surface area contributed by atoms with Gasteiger partial charge >= 0.3 is 0 Å². The number of aromatic amines is 1. The Labute approximate surface area is 200 Å². The van der Waals surface area contributed by atoms with Gasteiger partial charge in [0.15, 0.2) is 6.29 Å². The number of ether oxygens (including phenoxy) is 1. The maximum atomic E-state index is 11.7. The molecule has 0 amide bonds. The number of fused-ring (bicyclic) bond motifs is 4. The lowest BCUT2D eigenvalue weighted by Gasteiger charge is -2.11. The molecule has 0 atom stereocenters. The van der Waals surface area contributed by atoms with Crippen LogP contribution in [-0.2, 0) is 0 Å². The van der Waals surface area contributed by atoms with Gasteiger partial charge in [0.2, 0.25) is 0 Å². The third kappa shape index (κ3) is 3.12. The summed E-state index contributed by atoms with van der Waals surface area (Å²) in [4.78, 5) is 24.7. The first-order valence-corrected chi connectivity index (χ1v) is 11.3. The lowest BCUT2D eigenvalue weighted by Crippen LogP contribution is -1.95. The number of rotatable bonds is 4. The normalized spacial score (nSPS) is 11.5. The first-order valence-electron chi connectivity index (χ1n) is 11.3. The van der Waals surface area contributed by atoms with E-state index in [1.54, 1.807) is 7.11 Å². The van der Waals surface area contributed by atoms with E-state index in [2.05, 4.69) is 16.2 Å². The van der Waals surface area contributed by atoms with E-state index in [0.717, 1.165) is 72.8 Å². The Bertz CT molecular complexity index is 1780. The number of H-pyrrole nitrogens is 1. The predicted molar refractivity (Wildman–Crippen MR) is 136 cm³/mol. The summed E-state index contributed by atoms with van der Waals surface area (Å²) in [5, 5.41) is 7.82. The summed E-state index contributed by atoms with van der Waals surface area (Å²) in [5.74, 6) is 2.09. The quantitative estimate of drug-likeness (QED) is 0.308. The van der Waals surface area contributed by atoms with Crippen LogP contribution in [0.3, 0.4) is 0 Å². The zero-order valence-electron chi connectivity index (χ0n) is 19.8. The topological polar surface area (TPSA) is 93.9 Å². The van der Waals surface area contributed by atoms with Gasteiger partial charge in [0.25, 0.3) is 0 Å². The fraction of sp³-hybridized carbons (Fsp3) is 0.143. The zero-order chi connectivity index (χ0) is 24.3. The summed E-state index contributed by atoms with van der Waals surface area (Å²) in [5.41, 5.74) is 6.66. The van der Waals surface area contributed by atoms with E-state index in [1.165, 1.54) is 0 Å². The van der Waals surface area contributed by atoms with Gasteiger partial charge in [-0.25, -0.2) is 9.97 Å². The second kappa shape index (κ2) is 7.77. The molecule has 3 aromatic heterocycles. The minimum Gasteiger partial charge on any atom is -0.496 e. The van der Waals surface area contributed by atoms with Gasteiger partial charge < -0.3 is 14.2 Å². The number of aldehydes is 1. The Hall–Kier alpha value is -4.52. The molecule has 7 nitrogen and oxygen atoms in total. The summed E-state index contributed by atoms with van der Waals surface area (Å²) in [6, 6.07) is 15.8. The van der Waals surface area contributed by atoms with Gasteiger partial charge in [0, 0.05) is 27.6 Å². The molecule has 172 valence electrons. The highest BCUT2D eigenvalue weighted by atomic mass is 16.5. The highest BCUT2D eigenvalue weighted by Gasteiger charge is 2.21. The molecule has 0 spiro atoms. The Morgan fingerprint density at radius 1 is 0.943 bits per heavy atom. The van der Waals surface area contributed by atoms with E-state index < -0.39 is 0 Å². The number of aromatic nitrogens is 4. The van der Waals surface area contributed by atoms with Gasteiger partial charge in [-0.3, -0.25) is 4.79 Å². The van der Waals surface area contributed by atoms with E-state index in [4.69, 9.17) is 19.2 Å². The molecule has 0 saturated heterocycles. The molecule has 0 saturated carbocycles. The Morgan fingerprint density at radius 2 is 1.74 bits per heavy atom. The third-order valence-corrected chi connectivity index (χ3v) is 6.53. The highest BCUT2D eigenvalue weighted by Crippen LogP contribution is 2.42. The molecular weight excluding hydrogens is 440 g/mol. The molecule has 0 fully saturated rings. The monoisotopic (exact) mass is 462 g/mol. The van der Waals surface area contributed by atoms with Gasteiger partial charge in [-0.1, -0.05) is 41.6 Å². The van der Waals surface area contributed by atoms with Crippen molar-refractivity contribution in [2.24, 2.45) is 0 Å². The van der Waals surface area contributed by atoms with Crippen LogP contribution in [0.15, 0.2) is 53.1 Å². The van der Waals surface area contributed by atoms with E-state index in [-0.39, 0.29) is 0 Å². The van der Waals surface area contributed by atoms with Gasteiger partial charge in [-0.05, 0) is 43.7 Å². The van der Waals surface area contributed by atoms with Crippen LogP contribution in [0.1, 0.15) is 27.6 Å². The minimum absolute atomic E-state index is 0.649. The molecule has 3 aromatic carbocycles. The molecule has 35 heavy (non-hydrogen) atoms. The molecule has 0 bridgehead atoms. The van der Waals surface area contributed by atoms with Crippen molar-refractivity contribution in [3.05, 3.63) is 71.4 Å². The number of methoxy groups -OCH3 is 1. The predicted octanol–water partition coefficient (Wildman–Crippen LogP) is 6.33. The number of nitrogens with one attached hydrogen (secondary N) is 1. The van der Waals surface area contributed by atoms with Crippen molar-refractivity contribution in [2.75, 3.05) is 7.11 Å². The minimum atomic E-state index is 0.649. The fourth-order valence-corrected chi connectivity index (χ4v) is 4.99. The molecule has 7 heteroatoms. The van der Waals surface area contributed by atoms with Crippen molar-refractivity contribution < 1.29 is 14.1 Å². The van der Waals surface area contributed by atoms with Crippen molar-refractivity contribution >= 4 is 39.0 Å². The first-order chi connectivity index (χ1) is 17.0. The van der Waals surface area contributed by atoms with Gasteiger partial charge in [0.05, 0.1) is 29.4 Å². The Balaban J connectivity index is 1.71. The number of hydrogen-bond donors (Lipinski definition) is 1. The van der Waals surface area contributed by atoms with Crippen molar-refractivity contribution in [1.29, 1.82) is 0 Å². The Morgan fingerprint density at radius 3 is 2.46 bits per heavy atom. The molecule has 6 aromatic rings. The number of benzene rings is 3. The van der Waals surface area contributed by atoms with Crippen LogP contribution in [0.25, 0.3) is 55.1 Å². The number of aryl methyl sites for hydroxylation is 3. The first kappa shape index (κ1) is 21.0. The summed E-state index contributed by atoms with van der Waals surface area (Å²) in [6.45, 7) is 5.69. The molecule has 6 rings (SSSR count). The van der Waals surface area contributed by atoms with Gasteiger partial charge in [0.1, 0.15) is 23.0 Å². The summed E-state index contributed by atoms with van der Waals surface area (Å²) >= 11 is 0.